The van der Waals surface area contributed by atoms with Crippen molar-refractivity contribution < 1.29 is 9.47 Å². The van der Waals surface area contributed by atoms with Gasteiger partial charge in [0.2, 0.25) is 0 Å². The summed E-state index contributed by atoms with van der Waals surface area (Å²) in [5.41, 5.74) is 1.14. The molecule has 0 aromatic carbocycles. The molecule has 1 aromatic rings. The van der Waals surface area contributed by atoms with Crippen molar-refractivity contribution >= 4 is 17.3 Å². The third-order valence-corrected chi connectivity index (χ3v) is 4.93. The van der Waals surface area contributed by atoms with Gasteiger partial charge in [0.1, 0.15) is 0 Å². The average Bonchev–Trinajstić information content (AvgIpc) is 3.16. The minimum absolute atomic E-state index is 0.289. The fraction of sp³-hybridized carbons (Fsp3) is 0.750. The zero-order valence-corrected chi connectivity index (χ0v) is 15.2. The van der Waals surface area contributed by atoms with E-state index in [1.165, 1.54) is 9.88 Å². The molecule has 1 fully saturated rings. The maximum atomic E-state index is 5.62. The summed E-state index contributed by atoms with van der Waals surface area (Å²) in [6.07, 6.45) is 3.47. The molecule has 1 aliphatic heterocycles. The second kappa shape index (κ2) is 9.85. The van der Waals surface area contributed by atoms with E-state index in [2.05, 4.69) is 34.5 Å². The van der Waals surface area contributed by atoms with Crippen LogP contribution in [-0.4, -0.2) is 57.0 Å². The van der Waals surface area contributed by atoms with Crippen molar-refractivity contribution in [3.63, 3.8) is 0 Å². The highest BCUT2D eigenvalue weighted by molar-refractivity contribution is 7.11. The first-order chi connectivity index (χ1) is 11.2. The fourth-order valence-corrected chi connectivity index (χ4v) is 3.32. The van der Waals surface area contributed by atoms with Gasteiger partial charge >= 0.3 is 0 Å². The lowest BCUT2D eigenvalue weighted by molar-refractivity contribution is 0.0191. The zero-order chi connectivity index (χ0) is 16.5. The monoisotopic (exact) mass is 340 g/mol. The van der Waals surface area contributed by atoms with Crippen LogP contribution in [0.5, 0.6) is 0 Å². The SMILES string of the molecule is CN=C(NCCOCC1CCCO1)NCCc1nc(C)c(C)s1. The van der Waals surface area contributed by atoms with Gasteiger partial charge in [-0.3, -0.25) is 4.99 Å². The molecular formula is C16H28N4O2S. The molecule has 23 heavy (non-hydrogen) atoms. The summed E-state index contributed by atoms with van der Waals surface area (Å²) in [6, 6.07) is 0. The summed E-state index contributed by atoms with van der Waals surface area (Å²) in [6.45, 7) is 7.95. The fourth-order valence-electron chi connectivity index (χ4n) is 2.39. The van der Waals surface area contributed by atoms with Gasteiger partial charge in [-0.25, -0.2) is 4.98 Å². The molecule has 7 heteroatoms. The highest BCUT2D eigenvalue weighted by Crippen LogP contribution is 2.16. The van der Waals surface area contributed by atoms with Gasteiger partial charge in [0.25, 0.3) is 0 Å². The standard InChI is InChI=1S/C16H28N4O2S/c1-12-13(2)23-15(20-12)6-7-18-16(17-3)19-8-10-21-11-14-5-4-9-22-14/h14H,4-11H2,1-3H3,(H2,17,18,19). The highest BCUT2D eigenvalue weighted by atomic mass is 32.1. The lowest BCUT2D eigenvalue weighted by atomic mass is 10.2. The Morgan fingerprint density at radius 2 is 2.22 bits per heavy atom. The summed E-state index contributed by atoms with van der Waals surface area (Å²) in [7, 11) is 1.78. The molecule has 1 aromatic heterocycles. The van der Waals surface area contributed by atoms with Crippen LogP contribution in [-0.2, 0) is 15.9 Å². The van der Waals surface area contributed by atoms with E-state index in [0.717, 1.165) is 50.6 Å². The second-order valence-electron chi connectivity index (χ2n) is 5.63. The van der Waals surface area contributed by atoms with Crippen LogP contribution in [0.4, 0.5) is 0 Å². The Morgan fingerprint density at radius 3 is 2.87 bits per heavy atom. The largest absolute Gasteiger partial charge is 0.377 e. The summed E-state index contributed by atoms with van der Waals surface area (Å²) in [5, 5.41) is 7.73. The number of nitrogens with one attached hydrogen (secondary N) is 2. The molecule has 1 aliphatic rings. The maximum absolute atomic E-state index is 5.62. The molecule has 2 rings (SSSR count). The molecule has 0 radical (unpaired) electrons. The highest BCUT2D eigenvalue weighted by Gasteiger charge is 2.14. The van der Waals surface area contributed by atoms with Gasteiger partial charge in [-0.2, -0.15) is 0 Å². The molecule has 1 unspecified atom stereocenters. The van der Waals surface area contributed by atoms with Gasteiger partial charge in [-0.1, -0.05) is 0 Å². The van der Waals surface area contributed by atoms with Crippen LogP contribution in [0, 0.1) is 13.8 Å². The molecule has 0 amide bonds. The smallest absolute Gasteiger partial charge is 0.191 e. The molecule has 0 aliphatic carbocycles. The van der Waals surface area contributed by atoms with E-state index in [1.807, 2.05) is 0 Å². The number of hydrogen-bond acceptors (Lipinski definition) is 5. The van der Waals surface area contributed by atoms with E-state index in [1.54, 1.807) is 18.4 Å². The van der Waals surface area contributed by atoms with Crippen molar-refractivity contribution in [2.24, 2.45) is 4.99 Å². The number of thiazole rings is 1. The van der Waals surface area contributed by atoms with E-state index in [4.69, 9.17) is 9.47 Å². The summed E-state index contributed by atoms with van der Waals surface area (Å²) in [5.74, 6) is 0.802. The van der Waals surface area contributed by atoms with Crippen LogP contribution in [0.1, 0.15) is 28.4 Å². The van der Waals surface area contributed by atoms with Crippen molar-refractivity contribution in [2.75, 3.05) is 40.0 Å². The molecule has 130 valence electrons. The van der Waals surface area contributed by atoms with Gasteiger partial charge in [0.05, 0.1) is 30.0 Å². The van der Waals surface area contributed by atoms with E-state index >= 15 is 0 Å². The van der Waals surface area contributed by atoms with Crippen LogP contribution >= 0.6 is 11.3 Å². The zero-order valence-electron chi connectivity index (χ0n) is 14.4. The van der Waals surface area contributed by atoms with Gasteiger partial charge in [0, 0.05) is 38.0 Å². The van der Waals surface area contributed by atoms with Crippen molar-refractivity contribution in [1.29, 1.82) is 0 Å². The number of aliphatic imine (C=N–C) groups is 1. The first kappa shape index (κ1) is 18.2. The molecule has 1 atom stereocenters. The number of ether oxygens (including phenoxy) is 2. The lowest BCUT2D eigenvalue weighted by Crippen LogP contribution is -2.40. The van der Waals surface area contributed by atoms with Gasteiger partial charge < -0.3 is 20.1 Å². The molecule has 6 nitrogen and oxygen atoms in total. The van der Waals surface area contributed by atoms with E-state index in [-0.39, 0.29) is 6.10 Å². The molecule has 2 N–H and O–H groups in total. The minimum atomic E-state index is 0.289. The van der Waals surface area contributed by atoms with Crippen molar-refractivity contribution in [2.45, 2.75) is 39.2 Å². The second-order valence-corrected chi connectivity index (χ2v) is 6.92. The summed E-state index contributed by atoms with van der Waals surface area (Å²) < 4.78 is 11.1. The number of aromatic nitrogens is 1. The van der Waals surface area contributed by atoms with Gasteiger partial charge in [0.15, 0.2) is 5.96 Å². The van der Waals surface area contributed by atoms with Crippen molar-refractivity contribution in [3.05, 3.63) is 15.6 Å². The number of nitrogens with zero attached hydrogens (tertiary/aromatic N) is 2. The first-order valence-corrected chi connectivity index (χ1v) is 9.07. The third kappa shape index (κ3) is 6.45. The van der Waals surface area contributed by atoms with E-state index in [0.29, 0.717) is 13.2 Å². The van der Waals surface area contributed by atoms with Crippen LogP contribution in [0.25, 0.3) is 0 Å². The minimum Gasteiger partial charge on any atom is -0.377 e. The predicted octanol–water partition coefficient (Wildman–Crippen LogP) is 1.66. The van der Waals surface area contributed by atoms with Crippen molar-refractivity contribution in [1.82, 2.24) is 15.6 Å². The Balaban J connectivity index is 1.54. The lowest BCUT2D eigenvalue weighted by Gasteiger charge is -2.13. The molecule has 2 heterocycles. The normalized spacial score (nSPS) is 18.4. The Kier molecular flexibility index (Phi) is 7.78. The first-order valence-electron chi connectivity index (χ1n) is 8.26. The average molecular weight is 340 g/mol. The number of guanidine groups is 1. The Morgan fingerprint density at radius 1 is 1.39 bits per heavy atom. The topological polar surface area (TPSA) is 67.8 Å². The molecule has 1 saturated heterocycles. The quantitative estimate of drug-likeness (QED) is 0.428. The molecular weight excluding hydrogens is 312 g/mol. The van der Waals surface area contributed by atoms with Gasteiger partial charge in [-0.15, -0.1) is 11.3 Å². The maximum Gasteiger partial charge on any atom is 0.191 e. The van der Waals surface area contributed by atoms with Crippen LogP contribution in [0.15, 0.2) is 4.99 Å². The van der Waals surface area contributed by atoms with Crippen molar-refractivity contribution in [3.8, 4) is 0 Å². The molecule has 0 bridgehead atoms. The summed E-state index contributed by atoms with van der Waals surface area (Å²) in [4.78, 5) is 10.1. The van der Waals surface area contributed by atoms with Gasteiger partial charge in [-0.05, 0) is 26.7 Å². The van der Waals surface area contributed by atoms with E-state index in [9.17, 15) is 0 Å². The summed E-state index contributed by atoms with van der Waals surface area (Å²) >= 11 is 1.77. The number of aryl methyl sites for hydroxylation is 2. The van der Waals surface area contributed by atoms with Crippen LogP contribution in [0.3, 0.4) is 0 Å². The Labute approximate surface area is 142 Å². The number of rotatable bonds is 8. The number of hydrogen-bond donors (Lipinski definition) is 2. The van der Waals surface area contributed by atoms with E-state index < -0.39 is 0 Å². The van der Waals surface area contributed by atoms with Crippen LogP contribution in [0.2, 0.25) is 0 Å². The molecule has 0 saturated carbocycles. The Bertz CT molecular complexity index is 479. The Hall–Kier alpha value is -1.18. The van der Waals surface area contributed by atoms with Crippen LogP contribution < -0.4 is 10.6 Å². The third-order valence-electron chi connectivity index (χ3n) is 3.79. The molecule has 0 spiro atoms. The predicted molar refractivity (Wildman–Crippen MR) is 94.4 cm³/mol.